The first-order valence-electron chi connectivity index (χ1n) is 6.98. The molecule has 0 aliphatic carbocycles. The van der Waals surface area contributed by atoms with Crippen LogP contribution in [0.1, 0.15) is 24.2 Å². The van der Waals surface area contributed by atoms with Gasteiger partial charge in [0.15, 0.2) is 11.5 Å². The van der Waals surface area contributed by atoms with Crippen molar-refractivity contribution in [2.45, 2.75) is 13.8 Å². The number of nitro benzene ring substituents is 1. The first-order valence-corrected chi connectivity index (χ1v) is 6.98. The number of hydrogen-bond donors (Lipinski definition) is 2. The monoisotopic (exact) mass is 325 g/mol. The quantitative estimate of drug-likeness (QED) is 0.540. The van der Waals surface area contributed by atoms with E-state index in [9.17, 15) is 19.7 Å². The van der Waals surface area contributed by atoms with Gasteiger partial charge in [-0.05, 0) is 13.8 Å². The number of benzene rings is 1. The number of ether oxygens (including phenoxy) is 2. The minimum Gasteiger partial charge on any atom is -0.493 e. The van der Waals surface area contributed by atoms with Gasteiger partial charge >= 0.3 is 0 Å². The fraction of sp³-hybridized carbons (Fsp3) is 0.429. The molecule has 9 heteroatoms. The van der Waals surface area contributed by atoms with Gasteiger partial charge in [0, 0.05) is 12.6 Å². The van der Waals surface area contributed by atoms with Gasteiger partial charge in [-0.2, -0.15) is 0 Å². The van der Waals surface area contributed by atoms with E-state index in [2.05, 4.69) is 10.6 Å². The van der Waals surface area contributed by atoms with Crippen molar-refractivity contribution in [2.24, 2.45) is 0 Å². The number of hydrogen-bond acceptors (Lipinski definition) is 6. The highest BCUT2D eigenvalue weighted by Crippen LogP contribution is 2.34. The normalized spacial score (nSPS) is 9.87. The van der Waals surface area contributed by atoms with Gasteiger partial charge in [0.25, 0.3) is 11.6 Å². The number of amides is 2. The standard InChI is InChI=1S/C14H19N3O6/c1-4-15-13(18)8-16-14(19)9-6-12(23-5-2)11(22-3)7-10(9)17(20)21/h6-7H,4-5,8H2,1-3H3,(H,15,18)(H,16,19). The molecule has 0 unspecified atom stereocenters. The number of carbonyl (C=O) groups is 2. The Hall–Kier alpha value is -2.84. The summed E-state index contributed by atoms with van der Waals surface area (Å²) in [6.07, 6.45) is 0. The molecule has 23 heavy (non-hydrogen) atoms. The van der Waals surface area contributed by atoms with E-state index in [1.165, 1.54) is 13.2 Å². The Morgan fingerprint density at radius 3 is 2.43 bits per heavy atom. The highest BCUT2D eigenvalue weighted by atomic mass is 16.6. The summed E-state index contributed by atoms with van der Waals surface area (Å²) in [5, 5.41) is 16.0. The van der Waals surface area contributed by atoms with Gasteiger partial charge in [0.05, 0.1) is 31.3 Å². The Balaban J connectivity index is 3.11. The third-order valence-electron chi connectivity index (χ3n) is 2.81. The minimum atomic E-state index is -0.744. The van der Waals surface area contributed by atoms with Crippen LogP contribution in [-0.4, -0.2) is 43.5 Å². The lowest BCUT2D eigenvalue weighted by Crippen LogP contribution is -2.37. The highest BCUT2D eigenvalue weighted by Gasteiger charge is 2.24. The largest absolute Gasteiger partial charge is 0.493 e. The zero-order valence-electron chi connectivity index (χ0n) is 13.2. The molecule has 0 aliphatic rings. The first kappa shape index (κ1) is 18.2. The van der Waals surface area contributed by atoms with Crippen LogP contribution >= 0.6 is 0 Å². The maximum Gasteiger partial charge on any atom is 0.286 e. The smallest absolute Gasteiger partial charge is 0.286 e. The molecule has 1 aromatic rings. The second kappa shape index (κ2) is 8.57. The second-order valence-electron chi connectivity index (χ2n) is 4.35. The first-order chi connectivity index (χ1) is 10.9. The van der Waals surface area contributed by atoms with Crippen LogP contribution in [-0.2, 0) is 4.79 Å². The lowest BCUT2D eigenvalue weighted by atomic mass is 10.1. The predicted octanol–water partition coefficient (Wildman–Crippen LogP) is 0.868. The molecule has 2 amide bonds. The van der Waals surface area contributed by atoms with Crippen molar-refractivity contribution in [3.8, 4) is 11.5 Å². The number of rotatable bonds is 8. The van der Waals surface area contributed by atoms with Crippen molar-refractivity contribution >= 4 is 17.5 Å². The van der Waals surface area contributed by atoms with Gasteiger partial charge in [-0.3, -0.25) is 19.7 Å². The van der Waals surface area contributed by atoms with Crippen LogP contribution < -0.4 is 20.1 Å². The zero-order chi connectivity index (χ0) is 17.4. The summed E-state index contributed by atoms with van der Waals surface area (Å²) < 4.78 is 10.3. The molecular weight excluding hydrogens is 306 g/mol. The molecule has 126 valence electrons. The number of carbonyl (C=O) groups excluding carboxylic acids is 2. The van der Waals surface area contributed by atoms with E-state index in [1.54, 1.807) is 13.8 Å². The fourth-order valence-electron chi connectivity index (χ4n) is 1.83. The van der Waals surface area contributed by atoms with E-state index in [1.807, 2.05) is 0 Å². The molecule has 0 spiro atoms. The van der Waals surface area contributed by atoms with Crippen LogP contribution in [0.4, 0.5) is 5.69 Å². The van der Waals surface area contributed by atoms with Crippen LogP contribution in [0.5, 0.6) is 11.5 Å². The van der Waals surface area contributed by atoms with Gasteiger partial charge in [0.1, 0.15) is 5.56 Å². The molecule has 9 nitrogen and oxygen atoms in total. The predicted molar refractivity (Wildman–Crippen MR) is 81.8 cm³/mol. The van der Waals surface area contributed by atoms with Crippen molar-refractivity contribution < 1.29 is 24.0 Å². The molecule has 0 saturated heterocycles. The molecule has 0 radical (unpaired) electrons. The lowest BCUT2D eigenvalue weighted by molar-refractivity contribution is -0.385. The van der Waals surface area contributed by atoms with Crippen molar-refractivity contribution in [3.05, 3.63) is 27.8 Å². The average molecular weight is 325 g/mol. The van der Waals surface area contributed by atoms with E-state index < -0.39 is 16.5 Å². The average Bonchev–Trinajstić information content (AvgIpc) is 2.52. The van der Waals surface area contributed by atoms with E-state index in [0.29, 0.717) is 13.2 Å². The van der Waals surface area contributed by atoms with Gasteiger partial charge < -0.3 is 20.1 Å². The van der Waals surface area contributed by atoms with E-state index in [4.69, 9.17) is 9.47 Å². The summed E-state index contributed by atoms with van der Waals surface area (Å²) in [6, 6.07) is 2.35. The summed E-state index contributed by atoms with van der Waals surface area (Å²) in [6.45, 7) is 3.91. The number of nitrogens with one attached hydrogen (secondary N) is 2. The van der Waals surface area contributed by atoms with Gasteiger partial charge in [-0.25, -0.2) is 0 Å². The SMILES string of the molecule is CCNC(=O)CNC(=O)c1cc(OCC)c(OC)cc1[N+](=O)[O-]. The minimum absolute atomic E-state index is 0.152. The molecular formula is C14H19N3O6. The Labute approximate surface area is 133 Å². The van der Waals surface area contributed by atoms with Crippen molar-refractivity contribution in [1.82, 2.24) is 10.6 Å². The fourth-order valence-corrected chi connectivity index (χ4v) is 1.83. The van der Waals surface area contributed by atoms with E-state index in [-0.39, 0.29) is 29.5 Å². The number of methoxy groups -OCH3 is 1. The van der Waals surface area contributed by atoms with Gasteiger partial charge in [0.2, 0.25) is 5.91 Å². The van der Waals surface area contributed by atoms with Crippen molar-refractivity contribution in [2.75, 3.05) is 26.8 Å². The molecule has 0 fully saturated rings. The third kappa shape index (κ3) is 4.83. The summed E-state index contributed by atoms with van der Waals surface area (Å²) in [7, 11) is 1.34. The van der Waals surface area contributed by atoms with Crippen LogP contribution in [0.15, 0.2) is 12.1 Å². The Bertz CT molecular complexity index is 602. The molecule has 0 bridgehead atoms. The topological polar surface area (TPSA) is 120 Å². The maximum atomic E-state index is 12.1. The van der Waals surface area contributed by atoms with Gasteiger partial charge in [-0.15, -0.1) is 0 Å². The summed E-state index contributed by atoms with van der Waals surface area (Å²) in [5.74, 6) is -0.767. The van der Waals surface area contributed by atoms with Crippen molar-refractivity contribution in [1.29, 1.82) is 0 Å². The van der Waals surface area contributed by atoms with Crippen LogP contribution in [0, 0.1) is 10.1 Å². The molecule has 0 heterocycles. The van der Waals surface area contributed by atoms with Gasteiger partial charge in [-0.1, -0.05) is 0 Å². The van der Waals surface area contributed by atoms with Crippen LogP contribution in [0.2, 0.25) is 0 Å². The number of nitrogens with zero attached hydrogens (tertiary/aromatic N) is 1. The maximum absolute atomic E-state index is 12.1. The summed E-state index contributed by atoms with van der Waals surface area (Å²) >= 11 is 0. The van der Waals surface area contributed by atoms with E-state index >= 15 is 0 Å². The third-order valence-corrected chi connectivity index (χ3v) is 2.81. The lowest BCUT2D eigenvalue weighted by Gasteiger charge is -2.12. The molecule has 1 rings (SSSR count). The zero-order valence-corrected chi connectivity index (χ0v) is 13.2. The van der Waals surface area contributed by atoms with Crippen LogP contribution in [0.3, 0.4) is 0 Å². The molecule has 0 saturated carbocycles. The second-order valence-corrected chi connectivity index (χ2v) is 4.35. The number of nitro groups is 1. The summed E-state index contributed by atoms with van der Waals surface area (Å²) in [5.41, 5.74) is -0.637. The van der Waals surface area contributed by atoms with E-state index in [0.717, 1.165) is 6.07 Å². The molecule has 2 N–H and O–H groups in total. The molecule has 0 aliphatic heterocycles. The van der Waals surface area contributed by atoms with Crippen LogP contribution in [0.25, 0.3) is 0 Å². The molecule has 1 aromatic carbocycles. The van der Waals surface area contributed by atoms with Crippen molar-refractivity contribution in [3.63, 3.8) is 0 Å². The Kier molecular flexibility index (Phi) is 6.78. The molecule has 0 aromatic heterocycles. The summed E-state index contributed by atoms with van der Waals surface area (Å²) in [4.78, 5) is 34.0. The Morgan fingerprint density at radius 2 is 1.91 bits per heavy atom. The highest BCUT2D eigenvalue weighted by molar-refractivity contribution is 6.00. The Morgan fingerprint density at radius 1 is 1.22 bits per heavy atom. The number of likely N-dealkylation sites (N-methyl/N-ethyl adjacent to an activating group) is 1. The molecule has 0 atom stereocenters.